The van der Waals surface area contributed by atoms with Gasteiger partial charge < -0.3 is 8.83 Å². The van der Waals surface area contributed by atoms with Gasteiger partial charge in [0.1, 0.15) is 22.3 Å². The van der Waals surface area contributed by atoms with Crippen LogP contribution in [-0.4, -0.2) is 0 Å². The molecule has 10 aromatic rings. The number of hydrogen-bond acceptors (Lipinski definition) is 2. The van der Waals surface area contributed by atoms with Gasteiger partial charge in [-0.15, -0.1) is 0 Å². The van der Waals surface area contributed by atoms with Crippen molar-refractivity contribution in [1.29, 1.82) is 0 Å². The first-order valence-corrected chi connectivity index (χ1v) is 15.7. The highest BCUT2D eigenvalue weighted by Gasteiger charge is 2.22. The lowest BCUT2D eigenvalue weighted by Gasteiger charge is -2.21. The van der Waals surface area contributed by atoms with Gasteiger partial charge in [0.15, 0.2) is 0 Å². The van der Waals surface area contributed by atoms with Crippen LogP contribution in [0.4, 0.5) is 0 Å². The van der Waals surface area contributed by atoms with Crippen LogP contribution >= 0.6 is 0 Å². The molecule has 2 aromatic heterocycles. The predicted octanol–water partition coefficient (Wildman–Crippen LogP) is 12.8. The van der Waals surface area contributed by atoms with Gasteiger partial charge in [0, 0.05) is 21.5 Å². The quantitative estimate of drug-likeness (QED) is 0.193. The van der Waals surface area contributed by atoms with E-state index in [0.29, 0.717) is 0 Å². The van der Waals surface area contributed by atoms with Crippen molar-refractivity contribution in [1.82, 2.24) is 0 Å². The monoisotopic (exact) mass is 586 g/mol. The fraction of sp³-hybridized carbons (Fsp3) is 0. The summed E-state index contributed by atoms with van der Waals surface area (Å²) in [5.74, 6) is 0. The third-order valence-electron chi connectivity index (χ3n) is 9.47. The lowest BCUT2D eigenvalue weighted by molar-refractivity contribution is 0.668. The molecule has 0 fully saturated rings. The molecule has 0 unspecified atom stereocenters. The number of furan rings is 2. The van der Waals surface area contributed by atoms with Gasteiger partial charge in [0.2, 0.25) is 0 Å². The fourth-order valence-corrected chi connectivity index (χ4v) is 7.54. The fourth-order valence-electron chi connectivity index (χ4n) is 7.54. The highest BCUT2D eigenvalue weighted by molar-refractivity contribution is 6.28. The summed E-state index contributed by atoms with van der Waals surface area (Å²) < 4.78 is 12.6. The number of hydrogen-bond donors (Lipinski definition) is 0. The molecule has 2 nitrogen and oxygen atoms in total. The number of para-hydroxylation sites is 2. The molecule has 0 spiro atoms. The molecular formula is C44H26O2. The highest BCUT2D eigenvalue weighted by Crippen LogP contribution is 2.49. The molecule has 2 heterocycles. The van der Waals surface area contributed by atoms with Crippen LogP contribution in [0.1, 0.15) is 0 Å². The summed E-state index contributed by atoms with van der Waals surface area (Å²) in [5, 5.41) is 9.42. The number of fused-ring (bicyclic) bond motifs is 8. The average Bonchev–Trinajstić information content (AvgIpc) is 3.69. The Bertz CT molecular complexity index is 2800. The normalized spacial score (nSPS) is 11.9. The van der Waals surface area contributed by atoms with Crippen molar-refractivity contribution in [2.24, 2.45) is 0 Å². The molecule has 0 saturated carbocycles. The van der Waals surface area contributed by atoms with Crippen LogP contribution in [0.15, 0.2) is 167 Å². The molecule has 8 aromatic carbocycles. The Labute approximate surface area is 264 Å². The second-order valence-corrected chi connectivity index (χ2v) is 12.0. The maximum atomic E-state index is 6.42. The third kappa shape index (κ3) is 3.59. The van der Waals surface area contributed by atoms with E-state index in [4.69, 9.17) is 8.83 Å². The minimum atomic E-state index is 0.895. The van der Waals surface area contributed by atoms with E-state index in [1.165, 1.54) is 49.4 Å². The van der Waals surface area contributed by atoms with Crippen LogP contribution < -0.4 is 0 Å². The van der Waals surface area contributed by atoms with Gasteiger partial charge >= 0.3 is 0 Å². The van der Waals surface area contributed by atoms with Crippen molar-refractivity contribution in [2.75, 3.05) is 0 Å². The largest absolute Gasteiger partial charge is 0.456 e. The Balaban J connectivity index is 1.41. The average molecular weight is 587 g/mol. The standard InChI is InChI=1S/C44H26O2/c1-2-12-27(13-3-1)41-31-15-4-5-16-32(31)44(35-20-11-23-40-42(35)33-17-7-9-22-38(33)46-40)43-29(18-10-19-34(41)43)28-24-25-39-36(26-28)30-14-6-8-21-37(30)45-39/h1-26H. The first-order chi connectivity index (χ1) is 22.8. The summed E-state index contributed by atoms with van der Waals surface area (Å²) in [5.41, 5.74) is 10.8. The summed E-state index contributed by atoms with van der Waals surface area (Å²) in [6.07, 6.45) is 0. The van der Waals surface area contributed by atoms with Crippen molar-refractivity contribution in [3.8, 4) is 33.4 Å². The van der Waals surface area contributed by atoms with Crippen molar-refractivity contribution < 1.29 is 8.83 Å². The summed E-state index contributed by atoms with van der Waals surface area (Å²) >= 11 is 0. The molecule has 10 rings (SSSR count). The molecule has 0 saturated heterocycles. The molecule has 0 aliphatic heterocycles. The molecule has 214 valence electrons. The van der Waals surface area contributed by atoms with Crippen LogP contribution in [0.5, 0.6) is 0 Å². The maximum absolute atomic E-state index is 6.42. The molecule has 2 heteroatoms. The molecule has 46 heavy (non-hydrogen) atoms. The molecule has 0 amide bonds. The lowest BCUT2D eigenvalue weighted by atomic mass is 9.82. The first kappa shape index (κ1) is 25.2. The van der Waals surface area contributed by atoms with Crippen LogP contribution in [0.2, 0.25) is 0 Å². The van der Waals surface area contributed by atoms with Crippen LogP contribution in [0.25, 0.3) is 98.8 Å². The molecule has 0 atom stereocenters. The van der Waals surface area contributed by atoms with E-state index < -0.39 is 0 Å². The van der Waals surface area contributed by atoms with E-state index >= 15 is 0 Å². The second-order valence-electron chi connectivity index (χ2n) is 12.0. The number of rotatable bonds is 3. The van der Waals surface area contributed by atoms with Crippen molar-refractivity contribution in [3.63, 3.8) is 0 Å². The summed E-state index contributed by atoms with van der Waals surface area (Å²) in [7, 11) is 0. The van der Waals surface area contributed by atoms with Gasteiger partial charge in [0.05, 0.1) is 0 Å². The van der Waals surface area contributed by atoms with Crippen molar-refractivity contribution in [2.45, 2.75) is 0 Å². The molecule has 0 aliphatic carbocycles. The van der Waals surface area contributed by atoms with E-state index in [9.17, 15) is 0 Å². The third-order valence-corrected chi connectivity index (χ3v) is 9.47. The molecule has 0 radical (unpaired) electrons. The molecule has 0 bridgehead atoms. The Hall–Kier alpha value is -6.12. The Morgan fingerprint density at radius 3 is 1.67 bits per heavy atom. The van der Waals surface area contributed by atoms with Gasteiger partial charge in [-0.2, -0.15) is 0 Å². The lowest BCUT2D eigenvalue weighted by Crippen LogP contribution is -1.93. The Kier molecular flexibility index (Phi) is 5.31. The van der Waals surface area contributed by atoms with Crippen molar-refractivity contribution in [3.05, 3.63) is 158 Å². The zero-order valence-corrected chi connectivity index (χ0v) is 24.8. The number of benzene rings is 8. The summed E-state index contributed by atoms with van der Waals surface area (Å²) in [6.45, 7) is 0. The highest BCUT2D eigenvalue weighted by atomic mass is 16.3. The minimum absolute atomic E-state index is 0.895. The van der Waals surface area contributed by atoms with E-state index in [0.717, 1.165) is 49.4 Å². The van der Waals surface area contributed by atoms with Gasteiger partial charge in [0.25, 0.3) is 0 Å². The van der Waals surface area contributed by atoms with Gasteiger partial charge in [-0.25, -0.2) is 0 Å². The summed E-state index contributed by atoms with van der Waals surface area (Å²) in [6, 6.07) is 56.2. The second kappa shape index (κ2) is 9.69. The Morgan fingerprint density at radius 2 is 0.848 bits per heavy atom. The van der Waals surface area contributed by atoms with Crippen LogP contribution in [0.3, 0.4) is 0 Å². The van der Waals surface area contributed by atoms with Crippen LogP contribution in [0, 0.1) is 0 Å². The molecular weight excluding hydrogens is 560 g/mol. The first-order valence-electron chi connectivity index (χ1n) is 15.7. The van der Waals surface area contributed by atoms with Gasteiger partial charge in [-0.3, -0.25) is 0 Å². The molecule has 0 aliphatic rings. The van der Waals surface area contributed by atoms with E-state index in [2.05, 4.69) is 140 Å². The zero-order chi connectivity index (χ0) is 30.2. The minimum Gasteiger partial charge on any atom is -0.456 e. The van der Waals surface area contributed by atoms with Crippen molar-refractivity contribution >= 4 is 65.4 Å². The predicted molar refractivity (Wildman–Crippen MR) is 192 cm³/mol. The van der Waals surface area contributed by atoms with E-state index in [-0.39, 0.29) is 0 Å². The van der Waals surface area contributed by atoms with Gasteiger partial charge in [-0.05, 0) is 85.3 Å². The maximum Gasteiger partial charge on any atom is 0.136 e. The van der Waals surface area contributed by atoms with E-state index in [1.54, 1.807) is 0 Å². The summed E-state index contributed by atoms with van der Waals surface area (Å²) in [4.78, 5) is 0. The SMILES string of the molecule is c1ccc(-c2c3ccccc3c(-c3cccc4oc5ccccc5c34)c3c(-c4ccc5oc6ccccc6c5c4)cccc23)cc1. The zero-order valence-electron chi connectivity index (χ0n) is 24.8. The Morgan fingerprint density at radius 1 is 0.283 bits per heavy atom. The topological polar surface area (TPSA) is 26.3 Å². The van der Waals surface area contributed by atoms with E-state index in [1.807, 2.05) is 18.2 Å². The smallest absolute Gasteiger partial charge is 0.136 e. The molecule has 0 N–H and O–H groups in total. The van der Waals surface area contributed by atoms with Crippen LogP contribution in [-0.2, 0) is 0 Å². The van der Waals surface area contributed by atoms with Gasteiger partial charge in [-0.1, -0.05) is 127 Å².